The Morgan fingerprint density at radius 1 is 1.50 bits per heavy atom. The number of hydrogen-bond donors (Lipinski definition) is 3. The molecule has 0 aliphatic carbocycles. The van der Waals surface area contributed by atoms with Gasteiger partial charge in [0.05, 0.1) is 5.75 Å². The zero-order valence-corrected chi connectivity index (χ0v) is 9.15. The number of piperidine rings is 1. The highest BCUT2D eigenvalue weighted by molar-refractivity contribution is 7.89. The SMILES string of the molecule is NS(=O)(=O)CCNCC1CCCNC1. The van der Waals surface area contributed by atoms with Gasteiger partial charge in [-0.2, -0.15) is 0 Å². The van der Waals surface area contributed by atoms with Crippen LogP contribution in [-0.4, -0.2) is 40.3 Å². The van der Waals surface area contributed by atoms with Crippen LogP contribution in [0.5, 0.6) is 0 Å². The third kappa shape index (κ3) is 5.54. The van der Waals surface area contributed by atoms with E-state index in [-0.39, 0.29) is 5.75 Å². The lowest BCUT2D eigenvalue weighted by molar-refractivity contribution is 0.363. The van der Waals surface area contributed by atoms with Crippen molar-refractivity contribution >= 4 is 10.0 Å². The summed E-state index contributed by atoms with van der Waals surface area (Å²) in [4.78, 5) is 0. The molecule has 0 saturated carbocycles. The van der Waals surface area contributed by atoms with E-state index in [1.807, 2.05) is 0 Å². The fourth-order valence-corrected chi connectivity index (χ4v) is 2.05. The Morgan fingerprint density at radius 2 is 2.29 bits per heavy atom. The topological polar surface area (TPSA) is 84.2 Å². The third-order valence-corrected chi connectivity index (χ3v) is 3.17. The standard InChI is InChI=1S/C8H19N3O2S/c9-14(12,13)5-4-11-7-8-2-1-3-10-6-8/h8,10-11H,1-7H2,(H2,9,12,13). The highest BCUT2D eigenvalue weighted by Crippen LogP contribution is 2.07. The average Bonchev–Trinajstić information content (AvgIpc) is 2.13. The largest absolute Gasteiger partial charge is 0.316 e. The van der Waals surface area contributed by atoms with E-state index in [9.17, 15) is 8.42 Å². The molecule has 1 fully saturated rings. The van der Waals surface area contributed by atoms with Gasteiger partial charge in [0.1, 0.15) is 0 Å². The molecular formula is C8H19N3O2S. The molecule has 6 heteroatoms. The minimum absolute atomic E-state index is 0.0210. The maximum Gasteiger partial charge on any atom is 0.210 e. The maximum atomic E-state index is 10.6. The molecular weight excluding hydrogens is 202 g/mol. The molecule has 1 atom stereocenters. The van der Waals surface area contributed by atoms with Crippen molar-refractivity contribution in [1.82, 2.24) is 10.6 Å². The van der Waals surface area contributed by atoms with E-state index in [0.29, 0.717) is 12.5 Å². The van der Waals surface area contributed by atoms with Crippen LogP contribution in [0.3, 0.4) is 0 Å². The monoisotopic (exact) mass is 221 g/mol. The van der Waals surface area contributed by atoms with Gasteiger partial charge in [-0.3, -0.25) is 0 Å². The zero-order valence-electron chi connectivity index (χ0n) is 8.33. The molecule has 5 nitrogen and oxygen atoms in total. The second-order valence-corrected chi connectivity index (χ2v) is 5.52. The number of primary sulfonamides is 1. The Balaban J connectivity index is 2.03. The van der Waals surface area contributed by atoms with E-state index in [1.54, 1.807) is 0 Å². The van der Waals surface area contributed by atoms with Gasteiger partial charge in [-0.15, -0.1) is 0 Å². The van der Waals surface area contributed by atoms with E-state index in [0.717, 1.165) is 19.6 Å². The van der Waals surface area contributed by atoms with Crippen molar-refractivity contribution in [3.63, 3.8) is 0 Å². The molecule has 84 valence electrons. The molecule has 0 bridgehead atoms. The van der Waals surface area contributed by atoms with Crippen molar-refractivity contribution in [3.8, 4) is 0 Å². The molecule has 4 N–H and O–H groups in total. The van der Waals surface area contributed by atoms with Crippen molar-refractivity contribution in [3.05, 3.63) is 0 Å². The van der Waals surface area contributed by atoms with Gasteiger partial charge < -0.3 is 10.6 Å². The molecule has 0 aromatic rings. The first-order valence-corrected chi connectivity index (χ1v) is 6.71. The quantitative estimate of drug-likeness (QED) is 0.513. The molecule has 0 aromatic carbocycles. The third-order valence-electron chi connectivity index (χ3n) is 2.40. The molecule has 1 saturated heterocycles. The first-order chi connectivity index (χ1) is 6.58. The second kappa shape index (κ2) is 5.65. The lowest BCUT2D eigenvalue weighted by Crippen LogP contribution is -2.37. The summed E-state index contributed by atoms with van der Waals surface area (Å²) in [5.41, 5.74) is 0. The molecule has 0 aromatic heterocycles. The Hall–Kier alpha value is -0.170. The van der Waals surface area contributed by atoms with E-state index < -0.39 is 10.0 Å². The van der Waals surface area contributed by atoms with Crippen LogP contribution in [0.25, 0.3) is 0 Å². The van der Waals surface area contributed by atoms with Gasteiger partial charge in [0.2, 0.25) is 10.0 Å². The van der Waals surface area contributed by atoms with Gasteiger partial charge in [-0.05, 0) is 38.4 Å². The lowest BCUT2D eigenvalue weighted by Gasteiger charge is -2.22. The van der Waals surface area contributed by atoms with Crippen LogP contribution in [0, 0.1) is 5.92 Å². The maximum absolute atomic E-state index is 10.6. The van der Waals surface area contributed by atoms with Gasteiger partial charge in [0.25, 0.3) is 0 Å². The van der Waals surface area contributed by atoms with E-state index in [1.165, 1.54) is 12.8 Å². The summed E-state index contributed by atoms with van der Waals surface area (Å²) >= 11 is 0. The molecule has 1 heterocycles. The van der Waals surface area contributed by atoms with Crippen molar-refractivity contribution in [2.75, 3.05) is 31.9 Å². The molecule has 1 aliphatic rings. The molecule has 14 heavy (non-hydrogen) atoms. The predicted octanol–water partition coefficient (Wildman–Crippen LogP) is -1.14. The summed E-state index contributed by atoms with van der Waals surface area (Å²) in [6, 6.07) is 0. The zero-order chi connectivity index (χ0) is 10.4. The molecule has 0 amide bonds. The summed E-state index contributed by atoms with van der Waals surface area (Å²) in [7, 11) is -3.31. The second-order valence-electron chi connectivity index (χ2n) is 3.78. The van der Waals surface area contributed by atoms with Crippen LogP contribution in [0.1, 0.15) is 12.8 Å². The normalized spacial score (nSPS) is 23.6. The number of hydrogen-bond acceptors (Lipinski definition) is 4. The van der Waals surface area contributed by atoms with Gasteiger partial charge in [-0.25, -0.2) is 13.6 Å². The van der Waals surface area contributed by atoms with Gasteiger partial charge in [0.15, 0.2) is 0 Å². The minimum Gasteiger partial charge on any atom is -0.316 e. The van der Waals surface area contributed by atoms with Gasteiger partial charge in [-0.1, -0.05) is 0 Å². The Morgan fingerprint density at radius 3 is 2.86 bits per heavy atom. The summed E-state index contributed by atoms with van der Waals surface area (Å²) in [5.74, 6) is 0.650. The van der Waals surface area contributed by atoms with Crippen molar-refractivity contribution in [2.24, 2.45) is 11.1 Å². The first-order valence-electron chi connectivity index (χ1n) is 5.00. The van der Waals surface area contributed by atoms with E-state index in [4.69, 9.17) is 5.14 Å². The molecule has 1 rings (SSSR count). The first kappa shape index (κ1) is 11.9. The fraction of sp³-hybridized carbons (Fsp3) is 1.00. The van der Waals surface area contributed by atoms with Crippen molar-refractivity contribution < 1.29 is 8.42 Å². The van der Waals surface area contributed by atoms with Crippen LogP contribution in [-0.2, 0) is 10.0 Å². The Kier molecular flexibility index (Phi) is 4.80. The lowest BCUT2D eigenvalue weighted by atomic mass is 10.00. The number of nitrogens with one attached hydrogen (secondary N) is 2. The van der Waals surface area contributed by atoms with Gasteiger partial charge in [0, 0.05) is 6.54 Å². The van der Waals surface area contributed by atoms with Crippen molar-refractivity contribution in [1.29, 1.82) is 0 Å². The predicted molar refractivity (Wildman–Crippen MR) is 56.4 cm³/mol. The fourth-order valence-electron chi connectivity index (χ4n) is 1.62. The summed E-state index contributed by atoms with van der Waals surface area (Å²) in [5, 5.41) is 11.3. The minimum atomic E-state index is -3.31. The van der Waals surface area contributed by atoms with Crippen LogP contribution < -0.4 is 15.8 Å². The Labute approximate surface area is 85.5 Å². The number of sulfonamides is 1. The molecule has 1 unspecified atom stereocenters. The van der Waals surface area contributed by atoms with Crippen LogP contribution in [0.15, 0.2) is 0 Å². The Bertz CT molecular complexity index is 247. The van der Waals surface area contributed by atoms with E-state index >= 15 is 0 Å². The summed E-state index contributed by atoms with van der Waals surface area (Å²) < 4.78 is 21.2. The smallest absolute Gasteiger partial charge is 0.210 e. The molecule has 1 aliphatic heterocycles. The summed E-state index contributed by atoms with van der Waals surface area (Å²) in [6.45, 7) is 3.47. The highest BCUT2D eigenvalue weighted by Gasteiger charge is 2.12. The molecule has 0 radical (unpaired) electrons. The molecule has 0 spiro atoms. The van der Waals surface area contributed by atoms with E-state index in [2.05, 4.69) is 10.6 Å². The summed E-state index contributed by atoms with van der Waals surface area (Å²) in [6.07, 6.45) is 2.43. The number of rotatable bonds is 5. The van der Waals surface area contributed by atoms with Crippen LogP contribution >= 0.6 is 0 Å². The van der Waals surface area contributed by atoms with Crippen LogP contribution in [0.4, 0.5) is 0 Å². The average molecular weight is 221 g/mol. The van der Waals surface area contributed by atoms with Crippen LogP contribution in [0.2, 0.25) is 0 Å². The van der Waals surface area contributed by atoms with Crippen molar-refractivity contribution in [2.45, 2.75) is 12.8 Å². The number of nitrogens with two attached hydrogens (primary N) is 1. The highest BCUT2D eigenvalue weighted by atomic mass is 32.2. The van der Waals surface area contributed by atoms with Gasteiger partial charge >= 0.3 is 0 Å².